The van der Waals surface area contributed by atoms with Crippen LogP contribution in [0.5, 0.6) is 0 Å². The highest BCUT2D eigenvalue weighted by atomic mass is 15.3. The minimum absolute atomic E-state index is 0.712. The number of aromatic nitrogens is 2. The maximum absolute atomic E-state index is 9.07. The van der Waals surface area contributed by atoms with Crippen molar-refractivity contribution in [3.8, 4) is 6.07 Å². The molecule has 2 aliphatic heterocycles. The lowest BCUT2D eigenvalue weighted by Gasteiger charge is -2.36. The van der Waals surface area contributed by atoms with Gasteiger partial charge in [-0.25, -0.2) is 0 Å². The van der Waals surface area contributed by atoms with Gasteiger partial charge in [-0.05, 0) is 49.6 Å². The first kappa shape index (κ1) is 16.6. The van der Waals surface area contributed by atoms with Crippen LogP contribution in [0.15, 0.2) is 36.4 Å². The number of rotatable bonds is 3. The molecule has 6 nitrogen and oxygen atoms in total. The van der Waals surface area contributed by atoms with Crippen molar-refractivity contribution in [3.63, 3.8) is 0 Å². The second-order valence-corrected chi connectivity index (χ2v) is 6.93. The van der Waals surface area contributed by atoms with Crippen LogP contribution in [0.25, 0.3) is 0 Å². The molecule has 6 heteroatoms. The smallest absolute Gasteiger partial charge is 0.151 e. The van der Waals surface area contributed by atoms with Gasteiger partial charge in [-0.2, -0.15) is 5.26 Å². The van der Waals surface area contributed by atoms with Crippen molar-refractivity contribution in [2.75, 3.05) is 54.0 Å². The Morgan fingerprint density at radius 3 is 1.96 bits per heavy atom. The highest BCUT2D eigenvalue weighted by Gasteiger charge is 2.19. The van der Waals surface area contributed by atoms with Crippen LogP contribution in [0, 0.1) is 11.3 Å². The van der Waals surface area contributed by atoms with E-state index in [0.29, 0.717) is 5.56 Å². The molecule has 0 spiro atoms. The van der Waals surface area contributed by atoms with Gasteiger partial charge in [0.05, 0.1) is 11.6 Å². The van der Waals surface area contributed by atoms with Crippen LogP contribution in [-0.2, 0) is 0 Å². The fourth-order valence-electron chi connectivity index (χ4n) is 3.74. The fraction of sp³-hybridized carbons (Fsp3) is 0.450. The summed E-state index contributed by atoms with van der Waals surface area (Å²) >= 11 is 0. The van der Waals surface area contributed by atoms with E-state index in [2.05, 4.69) is 49.2 Å². The molecule has 0 aliphatic carbocycles. The van der Waals surface area contributed by atoms with E-state index in [9.17, 15) is 0 Å². The third-order valence-corrected chi connectivity index (χ3v) is 5.26. The van der Waals surface area contributed by atoms with E-state index in [1.807, 2.05) is 18.2 Å². The molecule has 3 heterocycles. The van der Waals surface area contributed by atoms with Crippen molar-refractivity contribution < 1.29 is 0 Å². The third-order valence-electron chi connectivity index (χ3n) is 5.26. The summed E-state index contributed by atoms with van der Waals surface area (Å²) in [6.45, 7) is 5.85. The van der Waals surface area contributed by atoms with Crippen LogP contribution in [0.1, 0.15) is 24.8 Å². The number of benzene rings is 1. The van der Waals surface area contributed by atoms with E-state index in [-0.39, 0.29) is 0 Å². The van der Waals surface area contributed by atoms with Crippen LogP contribution in [0.3, 0.4) is 0 Å². The van der Waals surface area contributed by atoms with Gasteiger partial charge >= 0.3 is 0 Å². The van der Waals surface area contributed by atoms with Gasteiger partial charge in [0, 0.05) is 45.0 Å². The molecule has 2 fully saturated rings. The first-order valence-corrected chi connectivity index (χ1v) is 9.42. The van der Waals surface area contributed by atoms with Gasteiger partial charge in [0.15, 0.2) is 11.6 Å². The van der Waals surface area contributed by atoms with Crippen molar-refractivity contribution in [2.45, 2.75) is 19.3 Å². The highest BCUT2D eigenvalue weighted by molar-refractivity contribution is 5.53. The average Bonchev–Trinajstić information content (AvgIpc) is 2.75. The number of nitriles is 1. The topological polar surface area (TPSA) is 59.3 Å². The molecule has 0 bridgehead atoms. The lowest BCUT2D eigenvalue weighted by Crippen LogP contribution is -2.47. The summed E-state index contributed by atoms with van der Waals surface area (Å²) in [5, 5.41) is 18.0. The van der Waals surface area contributed by atoms with Gasteiger partial charge < -0.3 is 14.7 Å². The molecule has 2 saturated heterocycles. The van der Waals surface area contributed by atoms with Gasteiger partial charge in [-0.3, -0.25) is 0 Å². The SMILES string of the molecule is N#Cc1cccc(N2CCN(c3ccc(N4CCCCC4)nn3)CC2)c1. The zero-order valence-corrected chi connectivity index (χ0v) is 15.0. The van der Waals surface area contributed by atoms with Crippen LogP contribution in [0.2, 0.25) is 0 Å². The van der Waals surface area contributed by atoms with Gasteiger partial charge in [-0.15, -0.1) is 10.2 Å². The van der Waals surface area contributed by atoms with Crippen molar-refractivity contribution >= 4 is 17.3 Å². The highest BCUT2D eigenvalue weighted by Crippen LogP contribution is 2.22. The molecule has 0 unspecified atom stereocenters. The van der Waals surface area contributed by atoms with E-state index in [4.69, 9.17) is 5.26 Å². The van der Waals surface area contributed by atoms with E-state index in [1.165, 1.54) is 19.3 Å². The predicted molar refractivity (Wildman–Crippen MR) is 104 cm³/mol. The molecule has 0 radical (unpaired) electrons. The standard InChI is InChI=1S/C20H24N6/c21-16-17-5-4-6-18(15-17)24-11-13-26(14-12-24)20-8-7-19(22-23-20)25-9-2-1-3-10-25/h4-8,15H,1-3,9-14H2. The van der Waals surface area contributed by atoms with E-state index in [1.54, 1.807) is 0 Å². The Morgan fingerprint density at radius 1 is 0.731 bits per heavy atom. The molecular formula is C20H24N6. The second-order valence-electron chi connectivity index (χ2n) is 6.93. The Bertz CT molecular complexity index is 768. The summed E-state index contributed by atoms with van der Waals surface area (Å²) < 4.78 is 0. The van der Waals surface area contributed by atoms with Gasteiger partial charge in [0.2, 0.25) is 0 Å². The largest absolute Gasteiger partial charge is 0.368 e. The number of piperidine rings is 1. The average molecular weight is 348 g/mol. The lowest BCUT2D eigenvalue weighted by molar-refractivity contribution is 0.570. The molecule has 1 aromatic carbocycles. The Labute approximate surface area is 154 Å². The Kier molecular flexibility index (Phi) is 4.87. The summed E-state index contributed by atoms with van der Waals surface area (Å²) in [5.74, 6) is 1.96. The van der Waals surface area contributed by atoms with Crippen LogP contribution in [-0.4, -0.2) is 49.5 Å². The Morgan fingerprint density at radius 2 is 1.35 bits per heavy atom. The monoisotopic (exact) mass is 348 g/mol. The molecule has 26 heavy (non-hydrogen) atoms. The molecule has 2 aromatic rings. The van der Waals surface area contributed by atoms with Gasteiger partial charge in [0.25, 0.3) is 0 Å². The summed E-state index contributed by atoms with van der Waals surface area (Å²) in [6, 6.07) is 14.3. The molecule has 1 aromatic heterocycles. The molecular weight excluding hydrogens is 324 g/mol. The maximum Gasteiger partial charge on any atom is 0.151 e. The van der Waals surface area contributed by atoms with Crippen LogP contribution in [0.4, 0.5) is 17.3 Å². The quantitative estimate of drug-likeness (QED) is 0.850. The molecule has 2 aliphatic rings. The normalized spacial score (nSPS) is 17.9. The van der Waals surface area contributed by atoms with E-state index in [0.717, 1.165) is 56.6 Å². The van der Waals surface area contributed by atoms with Crippen molar-refractivity contribution in [2.24, 2.45) is 0 Å². The number of hydrogen-bond acceptors (Lipinski definition) is 6. The van der Waals surface area contributed by atoms with Crippen molar-refractivity contribution in [1.82, 2.24) is 10.2 Å². The van der Waals surface area contributed by atoms with Crippen molar-refractivity contribution in [1.29, 1.82) is 5.26 Å². The van der Waals surface area contributed by atoms with E-state index < -0.39 is 0 Å². The molecule has 0 amide bonds. The Balaban J connectivity index is 1.37. The number of hydrogen-bond donors (Lipinski definition) is 0. The minimum atomic E-state index is 0.712. The summed E-state index contributed by atoms with van der Waals surface area (Å²) in [4.78, 5) is 6.95. The molecule has 0 atom stereocenters. The predicted octanol–water partition coefficient (Wildman–Crippen LogP) is 2.67. The maximum atomic E-state index is 9.07. The molecule has 0 N–H and O–H groups in total. The third kappa shape index (κ3) is 3.57. The first-order valence-electron chi connectivity index (χ1n) is 9.42. The molecule has 134 valence electrons. The zero-order chi connectivity index (χ0) is 17.8. The van der Waals surface area contributed by atoms with Crippen LogP contribution >= 0.6 is 0 Å². The van der Waals surface area contributed by atoms with Crippen LogP contribution < -0.4 is 14.7 Å². The number of nitrogens with zero attached hydrogens (tertiary/aromatic N) is 6. The van der Waals surface area contributed by atoms with Gasteiger partial charge in [-0.1, -0.05) is 6.07 Å². The van der Waals surface area contributed by atoms with Gasteiger partial charge in [0.1, 0.15) is 0 Å². The molecule has 4 rings (SSSR count). The minimum Gasteiger partial charge on any atom is -0.368 e. The van der Waals surface area contributed by atoms with Crippen molar-refractivity contribution in [3.05, 3.63) is 42.0 Å². The van der Waals surface area contributed by atoms with E-state index >= 15 is 0 Å². The fourth-order valence-corrected chi connectivity index (χ4v) is 3.74. The number of piperazine rings is 1. The Hall–Kier alpha value is -2.81. The zero-order valence-electron chi connectivity index (χ0n) is 15.0. The second kappa shape index (κ2) is 7.61. The summed E-state index contributed by atoms with van der Waals surface area (Å²) in [5.41, 5.74) is 1.83. The summed E-state index contributed by atoms with van der Waals surface area (Å²) in [6.07, 6.45) is 3.82. The molecule has 0 saturated carbocycles. The summed E-state index contributed by atoms with van der Waals surface area (Å²) in [7, 11) is 0. The number of anilines is 3. The lowest BCUT2D eigenvalue weighted by atomic mass is 10.1. The first-order chi connectivity index (χ1) is 12.8.